The highest BCUT2D eigenvalue weighted by Gasteiger charge is 2.36. The predicted molar refractivity (Wildman–Crippen MR) is 66.3 cm³/mol. The van der Waals surface area contributed by atoms with Crippen molar-refractivity contribution >= 4 is 29.3 Å². The van der Waals surface area contributed by atoms with Gasteiger partial charge in [-0.1, -0.05) is 29.3 Å². The fraction of sp³-hybridized carbons (Fsp3) is 0.333. The fourth-order valence-electron chi connectivity index (χ4n) is 2.21. The zero-order valence-corrected chi connectivity index (χ0v) is 10.1. The Morgan fingerprint density at radius 2 is 2.19 bits per heavy atom. The van der Waals surface area contributed by atoms with E-state index in [1.807, 2.05) is 12.1 Å². The Kier molecular flexibility index (Phi) is 2.39. The molecule has 0 saturated carbocycles. The first-order valence-corrected chi connectivity index (χ1v) is 6.02. The van der Waals surface area contributed by atoms with Gasteiger partial charge in [0.1, 0.15) is 11.4 Å². The summed E-state index contributed by atoms with van der Waals surface area (Å²) in [5.74, 6) is 0.747. The van der Waals surface area contributed by atoms with Crippen LogP contribution in [0.4, 0.5) is 0 Å². The molecule has 0 radical (unpaired) electrons. The van der Waals surface area contributed by atoms with Crippen LogP contribution in [-0.2, 0) is 0 Å². The highest BCUT2D eigenvalue weighted by atomic mass is 35.5. The second-order valence-electron chi connectivity index (χ2n) is 4.23. The van der Waals surface area contributed by atoms with Crippen LogP contribution in [0, 0.1) is 0 Å². The van der Waals surface area contributed by atoms with Crippen molar-refractivity contribution in [2.75, 3.05) is 13.1 Å². The number of hydrogen-bond donors (Lipinski definition) is 1. The summed E-state index contributed by atoms with van der Waals surface area (Å²) in [6.07, 6.45) is 5.12. The van der Waals surface area contributed by atoms with Gasteiger partial charge in [-0.15, -0.1) is 0 Å². The lowest BCUT2D eigenvalue weighted by atomic mass is 9.97. The van der Waals surface area contributed by atoms with Crippen LogP contribution in [0.2, 0.25) is 10.0 Å². The van der Waals surface area contributed by atoms with Crippen LogP contribution in [0.15, 0.2) is 18.2 Å². The summed E-state index contributed by atoms with van der Waals surface area (Å²) in [5, 5.41) is 4.52. The first-order chi connectivity index (χ1) is 7.69. The molecular formula is C12H11Cl2NO. The molecule has 2 aliphatic rings. The first kappa shape index (κ1) is 10.5. The SMILES string of the molecule is Clc1cc(Cl)c2c(c1)C=CC1(CCNC1)O2. The van der Waals surface area contributed by atoms with Crippen LogP contribution in [0.5, 0.6) is 5.75 Å². The summed E-state index contributed by atoms with van der Waals surface area (Å²) in [6, 6.07) is 3.59. The molecule has 84 valence electrons. The Labute approximate surface area is 104 Å². The third kappa shape index (κ3) is 1.61. The van der Waals surface area contributed by atoms with E-state index < -0.39 is 0 Å². The molecule has 0 bridgehead atoms. The van der Waals surface area contributed by atoms with E-state index in [1.54, 1.807) is 6.07 Å². The van der Waals surface area contributed by atoms with Crippen LogP contribution in [0.3, 0.4) is 0 Å². The highest BCUT2D eigenvalue weighted by Crippen LogP contribution is 2.40. The van der Waals surface area contributed by atoms with E-state index >= 15 is 0 Å². The van der Waals surface area contributed by atoms with Gasteiger partial charge in [0, 0.05) is 23.6 Å². The molecule has 0 aliphatic carbocycles. The standard InChI is InChI=1S/C12H11Cl2NO/c13-9-5-8-1-2-12(3-4-15-7-12)16-11(8)10(14)6-9/h1-2,5-6,15H,3-4,7H2. The normalized spacial score (nSPS) is 26.9. The Hall–Kier alpha value is -0.700. The zero-order valence-electron chi connectivity index (χ0n) is 8.59. The lowest BCUT2D eigenvalue weighted by Crippen LogP contribution is -2.37. The van der Waals surface area contributed by atoms with Crippen LogP contribution < -0.4 is 10.1 Å². The molecule has 1 saturated heterocycles. The monoisotopic (exact) mass is 255 g/mol. The molecule has 1 spiro atoms. The number of fused-ring (bicyclic) bond motifs is 1. The molecular weight excluding hydrogens is 245 g/mol. The van der Waals surface area contributed by atoms with Crippen molar-refractivity contribution in [2.24, 2.45) is 0 Å². The van der Waals surface area contributed by atoms with Gasteiger partial charge in [-0.25, -0.2) is 0 Å². The summed E-state index contributed by atoms with van der Waals surface area (Å²) < 4.78 is 6.03. The van der Waals surface area contributed by atoms with Crippen molar-refractivity contribution < 1.29 is 4.74 Å². The molecule has 1 fully saturated rings. The molecule has 4 heteroatoms. The van der Waals surface area contributed by atoms with Crippen molar-refractivity contribution in [1.29, 1.82) is 0 Å². The average Bonchev–Trinajstić information content (AvgIpc) is 2.68. The van der Waals surface area contributed by atoms with Gasteiger partial charge in [-0.2, -0.15) is 0 Å². The third-order valence-electron chi connectivity index (χ3n) is 3.06. The van der Waals surface area contributed by atoms with E-state index in [1.165, 1.54) is 0 Å². The fourth-order valence-corrected chi connectivity index (χ4v) is 2.76. The summed E-state index contributed by atoms with van der Waals surface area (Å²) in [7, 11) is 0. The molecule has 1 aromatic carbocycles. The smallest absolute Gasteiger partial charge is 0.146 e. The summed E-state index contributed by atoms with van der Waals surface area (Å²) in [6.45, 7) is 1.81. The Balaban J connectivity index is 2.06. The van der Waals surface area contributed by atoms with Crippen LogP contribution in [0.1, 0.15) is 12.0 Å². The Bertz CT molecular complexity index is 464. The molecule has 1 unspecified atom stereocenters. The first-order valence-electron chi connectivity index (χ1n) is 5.27. The average molecular weight is 256 g/mol. The molecule has 0 aromatic heterocycles. The largest absolute Gasteiger partial charge is 0.480 e. The Morgan fingerprint density at radius 1 is 1.31 bits per heavy atom. The highest BCUT2D eigenvalue weighted by molar-refractivity contribution is 6.36. The van der Waals surface area contributed by atoms with E-state index in [2.05, 4.69) is 11.4 Å². The minimum absolute atomic E-state index is 0.218. The molecule has 3 rings (SSSR count). The molecule has 1 N–H and O–H groups in total. The number of halogens is 2. The molecule has 16 heavy (non-hydrogen) atoms. The summed E-state index contributed by atoms with van der Waals surface area (Å²) in [5.41, 5.74) is 0.736. The van der Waals surface area contributed by atoms with Gasteiger partial charge < -0.3 is 10.1 Å². The molecule has 2 nitrogen and oxygen atoms in total. The van der Waals surface area contributed by atoms with E-state index in [4.69, 9.17) is 27.9 Å². The Morgan fingerprint density at radius 3 is 2.94 bits per heavy atom. The number of benzene rings is 1. The number of ether oxygens (including phenoxy) is 1. The van der Waals surface area contributed by atoms with Crippen molar-refractivity contribution in [2.45, 2.75) is 12.0 Å². The van der Waals surface area contributed by atoms with Crippen molar-refractivity contribution in [1.82, 2.24) is 5.32 Å². The molecule has 1 atom stereocenters. The van der Waals surface area contributed by atoms with E-state index in [0.717, 1.165) is 30.8 Å². The molecule has 2 aliphatic heterocycles. The topological polar surface area (TPSA) is 21.3 Å². The van der Waals surface area contributed by atoms with Crippen LogP contribution in [0.25, 0.3) is 6.08 Å². The van der Waals surface area contributed by atoms with Gasteiger partial charge in [0.25, 0.3) is 0 Å². The van der Waals surface area contributed by atoms with Gasteiger partial charge in [0.2, 0.25) is 0 Å². The minimum Gasteiger partial charge on any atom is -0.480 e. The maximum atomic E-state index is 6.15. The van der Waals surface area contributed by atoms with Gasteiger partial charge in [0.05, 0.1) is 5.02 Å². The molecule has 0 amide bonds. The van der Waals surface area contributed by atoms with E-state index in [-0.39, 0.29) is 5.60 Å². The predicted octanol–water partition coefficient (Wildman–Crippen LogP) is 3.13. The maximum Gasteiger partial charge on any atom is 0.146 e. The van der Waals surface area contributed by atoms with Gasteiger partial charge >= 0.3 is 0 Å². The molecule has 2 heterocycles. The van der Waals surface area contributed by atoms with Crippen molar-refractivity contribution in [3.05, 3.63) is 33.8 Å². The van der Waals surface area contributed by atoms with E-state index in [0.29, 0.717) is 10.0 Å². The van der Waals surface area contributed by atoms with Crippen molar-refractivity contribution in [3.63, 3.8) is 0 Å². The lowest BCUT2D eigenvalue weighted by Gasteiger charge is -2.31. The minimum atomic E-state index is -0.218. The maximum absolute atomic E-state index is 6.15. The van der Waals surface area contributed by atoms with Gasteiger partial charge in [0.15, 0.2) is 0 Å². The van der Waals surface area contributed by atoms with Gasteiger partial charge in [-0.05, 0) is 24.8 Å². The van der Waals surface area contributed by atoms with E-state index in [9.17, 15) is 0 Å². The summed E-state index contributed by atoms with van der Waals surface area (Å²) >= 11 is 12.1. The van der Waals surface area contributed by atoms with Crippen LogP contribution in [-0.4, -0.2) is 18.7 Å². The summed E-state index contributed by atoms with van der Waals surface area (Å²) in [4.78, 5) is 0. The number of rotatable bonds is 0. The van der Waals surface area contributed by atoms with Gasteiger partial charge in [-0.3, -0.25) is 0 Å². The molecule has 1 aromatic rings. The van der Waals surface area contributed by atoms with Crippen LogP contribution >= 0.6 is 23.2 Å². The third-order valence-corrected chi connectivity index (χ3v) is 3.56. The number of nitrogens with one attached hydrogen (secondary N) is 1. The zero-order chi connectivity index (χ0) is 11.2. The quantitative estimate of drug-likeness (QED) is 0.770. The second kappa shape index (κ2) is 3.66. The number of hydrogen-bond acceptors (Lipinski definition) is 2. The second-order valence-corrected chi connectivity index (χ2v) is 5.08. The lowest BCUT2D eigenvalue weighted by molar-refractivity contribution is 0.139. The van der Waals surface area contributed by atoms with Crippen molar-refractivity contribution in [3.8, 4) is 5.75 Å².